The Kier molecular flexibility index (Phi) is 3.73. The molecule has 0 bridgehead atoms. The van der Waals surface area contributed by atoms with Crippen LogP contribution in [0.3, 0.4) is 0 Å². The summed E-state index contributed by atoms with van der Waals surface area (Å²) in [5.41, 5.74) is 2.38. The van der Waals surface area contributed by atoms with Gasteiger partial charge in [0.1, 0.15) is 0 Å². The molecule has 19 heavy (non-hydrogen) atoms. The third-order valence-corrected chi connectivity index (χ3v) is 4.17. The van der Waals surface area contributed by atoms with Gasteiger partial charge < -0.3 is 0 Å². The predicted molar refractivity (Wildman–Crippen MR) is 79.2 cm³/mol. The Morgan fingerprint density at radius 2 is 1.74 bits per heavy atom. The van der Waals surface area contributed by atoms with Crippen molar-refractivity contribution in [1.29, 1.82) is 0 Å². The van der Waals surface area contributed by atoms with E-state index in [-0.39, 0.29) is 4.90 Å². The SMILES string of the molecule is C=Nc1ccc(-c2ccc(S(C)(=O)=O)cc2)c(Cl)c1. The summed E-state index contributed by atoms with van der Waals surface area (Å²) in [5.74, 6) is 0. The van der Waals surface area contributed by atoms with E-state index in [9.17, 15) is 8.42 Å². The topological polar surface area (TPSA) is 46.5 Å². The van der Waals surface area contributed by atoms with Crippen LogP contribution in [0.4, 0.5) is 5.69 Å². The maximum atomic E-state index is 11.4. The van der Waals surface area contributed by atoms with Crippen molar-refractivity contribution in [3.05, 3.63) is 47.5 Å². The standard InChI is InChI=1S/C14H12ClNO2S/c1-16-11-5-8-13(14(15)9-11)10-3-6-12(7-4-10)19(2,17)18/h3-9H,1H2,2H3. The van der Waals surface area contributed by atoms with E-state index in [0.717, 1.165) is 11.1 Å². The largest absolute Gasteiger partial charge is 0.265 e. The zero-order valence-corrected chi connectivity index (χ0v) is 11.9. The second-order valence-electron chi connectivity index (χ2n) is 4.12. The highest BCUT2D eigenvalue weighted by atomic mass is 35.5. The molecule has 3 nitrogen and oxygen atoms in total. The molecule has 0 fully saturated rings. The van der Waals surface area contributed by atoms with E-state index >= 15 is 0 Å². The zero-order chi connectivity index (χ0) is 14.0. The summed E-state index contributed by atoms with van der Waals surface area (Å²) in [5, 5.41) is 0.553. The molecular formula is C14H12ClNO2S. The quantitative estimate of drug-likeness (QED) is 0.809. The first-order chi connectivity index (χ1) is 8.91. The van der Waals surface area contributed by atoms with Gasteiger partial charge in [0.2, 0.25) is 0 Å². The minimum absolute atomic E-state index is 0.289. The molecule has 0 aliphatic heterocycles. The van der Waals surface area contributed by atoms with Gasteiger partial charge in [-0.1, -0.05) is 29.8 Å². The van der Waals surface area contributed by atoms with Crippen LogP contribution in [0.2, 0.25) is 5.02 Å². The first-order valence-electron chi connectivity index (χ1n) is 5.48. The maximum Gasteiger partial charge on any atom is 0.175 e. The number of halogens is 1. The number of benzene rings is 2. The highest BCUT2D eigenvalue weighted by molar-refractivity contribution is 7.90. The van der Waals surface area contributed by atoms with E-state index in [1.807, 2.05) is 6.07 Å². The molecule has 5 heteroatoms. The Bertz CT molecular complexity index is 722. The number of sulfone groups is 1. The van der Waals surface area contributed by atoms with Gasteiger partial charge in [-0.3, -0.25) is 4.99 Å². The lowest BCUT2D eigenvalue weighted by Gasteiger charge is -2.06. The summed E-state index contributed by atoms with van der Waals surface area (Å²) < 4.78 is 22.8. The molecular weight excluding hydrogens is 282 g/mol. The molecule has 2 rings (SSSR count). The smallest absolute Gasteiger partial charge is 0.175 e. The zero-order valence-electron chi connectivity index (χ0n) is 10.3. The Morgan fingerprint density at radius 3 is 2.21 bits per heavy atom. The lowest BCUT2D eigenvalue weighted by Crippen LogP contribution is -1.96. The van der Waals surface area contributed by atoms with E-state index in [2.05, 4.69) is 11.7 Å². The lowest BCUT2D eigenvalue weighted by molar-refractivity contribution is 0.602. The number of aliphatic imine (C=N–C) groups is 1. The summed E-state index contributed by atoms with van der Waals surface area (Å²) in [4.78, 5) is 4.09. The van der Waals surface area contributed by atoms with Crippen LogP contribution in [-0.4, -0.2) is 21.4 Å². The predicted octanol–water partition coefficient (Wildman–Crippen LogP) is 3.74. The summed E-state index contributed by atoms with van der Waals surface area (Å²) in [7, 11) is -3.18. The molecule has 0 aromatic heterocycles. The van der Waals surface area contributed by atoms with E-state index in [0.29, 0.717) is 10.7 Å². The highest BCUT2D eigenvalue weighted by Crippen LogP contribution is 2.31. The number of nitrogens with zero attached hydrogens (tertiary/aromatic N) is 1. The second kappa shape index (κ2) is 5.15. The van der Waals surface area contributed by atoms with E-state index in [1.165, 1.54) is 6.26 Å². The van der Waals surface area contributed by atoms with E-state index < -0.39 is 9.84 Å². The van der Waals surface area contributed by atoms with Crippen molar-refractivity contribution >= 4 is 33.8 Å². The molecule has 0 radical (unpaired) electrons. The molecule has 0 aliphatic rings. The summed E-state index contributed by atoms with van der Waals surface area (Å²) in [6.45, 7) is 3.44. The van der Waals surface area contributed by atoms with Crippen molar-refractivity contribution in [2.45, 2.75) is 4.90 Å². The molecule has 0 saturated heterocycles. The average Bonchev–Trinajstić information content (AvgIpc) is 2.37. The van der Waals surface area contributed by atoms with Crippen LogP contribution < -0.4 is 0 Å². The Labute approximate surface area is 117 Å². The molecule has 0 N–H and O–H groups in total. The van der Waals surface area contributed by atoms with Crippen LogP contribution >= 0.6 is 11.6 Å². The van der Waals surface area contributed by atoms with Gasteiger partial charge in [0.05, 0.1) is 15.6 Å². The molecule has 0 saturated carbocycles. The van der Waals surface area contributed by atoms with Crippen molar-refractivity contribution in [1.82, 2.24) is 0 Å². The van der Waals surface area contributed by atoms with Gasteiger partial charge >= 0.3 is 0 Å². The molecule has 0 unspecified atom stereocenters. The van der Waals surface area contributed by atoms with Crippen LogP contribution in [0, 0.1) is 0 Å². The van der Waals surface area contributed by atoms with Gasteiger partial charge in [-0.2, -0.15) is 0 Å². The van der Waals surface area contributed by atoms with E-state index in [4.69, 9.17) is 11.6 Å². The Morgan fingerprint density at radius 1 is 1.11 bits per heavy atom. The van der Waals surface area contributed by atoms with E-state index in [1.54, 1.807) is 36.4 Å². The third-order valence-electron chi connectivity index (χ3n) is 2.73. The highest BCUT2D eigenvalue weighted by Gasteiger charge is 2.08. The van der Waals surface area contributed by atoms with Crippen LogP contribution in [-0.2, 0) is 9.84 Å². The summed E-state index contributed by atoms with van der Waals surface area (Å²) >= 11 is 6.17. The van der Waals surface area contributed by atoms with Crippen molar-refractivity contribution in [3.8, 4) is 11.1 Å². The molecule has 98 valence electrons. The van der Waals surface area contributed by atoms with Gasteiger partial charge in [0.15, 0.2) is 9.84 Å². The molecule has 0 amide bonds. The molecule has 0 spiro atoms. The normalized spacial score (nSPS) is 11.3. The molecule has 0 aliphatic carbocycles. The fraction of sp³-hybridized carbons (Fsp3) is 0.0714. The van der Waals surface area contributed by atoms with Crippen LogP contribution in [0.25, 0.3) is 11.1 Å². The minimum atomic E-state index is -3.18. The first kappa shape index (κ1) is 13.8. The number of rotatable bonds is 3. The van der Waals surface area contributed by atoms with Crippen molar-refractivity contribution in [2.75, 3.05) is 6.26 Å². The molecule has 0 atom stereocenters. The van der Waals surface area contributed by atoms with Gasteiger partial charge in [0, 0.05) is 11.8 Å². The minimum Gasteiger partial charge on any atom is -0.265 e. The van der Waals surface area contributed by atoms with Crippen LogP contribution in [0.5, 0.6) is 0 Å². The average molecular weight is 294 g/mol. The van der Waals surface area contributed by atoms with Crippen LogP contribution in [0.15, 0.2) is 52.4 Å². The Balaban J connectivity index is 2.46. The van der Waals surface area contributed by atoms with Crippen molar-refractivity contribution in [3.63, 3.8) is 0 Å². The molecule has 0 heterocycles. The lowest BCUT2D eigenvalue weighted by atomic mass is 10.1. The monoisotopic (exact) mass is 293 g/mol. The van der Waals surface area contributed by atoms with Gasteiger partial charge in [-0.25, -0.2) is 8.42 Å². The Hall–Kier alpha value is -1.65. The number of hydrogen-bond acceptors (Lipinski definition) is 3. The second-order valence-corrected chi connectivity index (χ2v) is 6.54. The summed E-state index contributed by atoms with van der Waals surface area (Å²) in [6.07, 6.45) is 1.18. The fourth-order valence-corrected chi connectivity index (χ4v) is 2.63. The van der Waals surface area contributed by atoms with Crippen LogP contribution in [0.1, 0.15) is 0 Å². The maximum absolute atomic E-state index is 11.4. The van der Waals surface area contributed by atoms with Crippen molar-refractivity contribution in [2.24, 2.45) is 4.99 Å². The third kappa shape index (κ3) is 3.03. The van der Waals surface area contributed by atoms with Gasteiger partial charge in [-0.15, -0.1) is 0 Å². The fourth-order valence-electron chi connectivity index (χ4n) is 1.72. The first-order valence-corrected chi connectivity index (χ1v) is 7.75. The van der Waals surface area contributed by atoms with Gasteiger partial charge in [-0.05, 0) is 36.5 Å². The van der Waals surface area contributed by atoms with Gasteiger partial charge in [0.25, 0.3) is 0 Å². The molecule has 2 aromatic rings. The summed E-state index contributed by atoms with van der Waals surface area (Å²) in [6, 6.07) is 12.0. The van der Waals surface area contributed by atoms with Crippen molar-refractivity contribution < 1.29 is 8.42 Å². The molecule has 2 aromatic carbocycles. The number of hydrogen-bond donors (Lipinski definition) is 0.